The fourth-order valence-electron chi connectivity index (χ4n) is 3.83. The molecular formula is C21H26ClN5O2. The Kier molecular flexibility index (Phi) is 6.46. The Morgan fingerprint density at radius 1 is 1.10 bits per heavy atom. The number of piperidine rings is 1. The van der Waals surface area contributed by atoms with Crippen LogP contribution < -0.4 is 15.1 Å². The Morgan fingerprint density at radius 3 is 2.59 bits per heavy atom. The summed E-state index contributed by atoms with van der Waals surface area (Å²) in [7, 11) is 0. The summed E-state index contributed by atoms with van der Waals surface area (Å²) in [6.45, 7) is 5.17. The Labute approximate surface area is 176 Å². The van der Waals surface area contributed by atoms with Gasteiger partial charge in [0, 0.05) is 37.7 Å². The molecule has 2 aliphatic rings. The lowest BCUT2D eigenvalue weighted by Gasteiger charge is -2.33. The van der Waals surface area contributed by atoms with Crippen LogP contribution in [-0.4, -0.2) is 55.5 Å². The maximum atomic E-state index is 12.7. The summed E-state index contributed by atoms with van der Waals surface area (Å²) in [6, 6.07) is 11.6. The van der Waals surface area contributed by atoms with E-state index >= 15 is 0 Å². The number of halogens is 1. The number of benzene rings is 1. The molecule has 0 aliphatic carbocycles. The third-order valence-corrected chi connectivity index (χ3v) is 5.68. The second-order valence-electron chi connectivity index (χ2n) is 7.48. The van der Waals surface area contributed by atoms with Gasteiger partial charge in [0.05, 0.1) is 19.1 Å². The molecule has 2 aromatic rings. The minimum absolute atomic E-state index is 0.0522. The molecule has 1 amide bonds. The van der Waals surface area contributed by atoms with Gasteiger partial charge in [0.1, 0.15) is 0 Å². The molecule has 2 fully saturated rings. The van der Waals surface area contributed by atoms with E-state index in [4.69, 9.17) is 16.3 Å². The van der Waals surface area contributed by atoms with Gasteiger partial charge in [-0.3, -0.25) is 4.79 Å². The monoisotopic (exact) mass is 415 g/mol. The number of ether oxygens (including phenoxy) is 1. The highest BCUT2D eigenvalue weighted by molar-refractivity contribution is 6.30. The van der Waals surface area contributed by atoms with Crippen LogP contribution in [0.15, 0.2) is 36.4 Å². The van der Waals surface area contributed by atoms with Crippen molar-refractivity contribution in [3.05, 3.63) is 47.0 Å². The second kappa shape index (κ2) is 9.41. The predicted molar refractivity (Wildman–Crippen MR) is 113 cm³/mol. The summed E-state index contributed by atoms with van der Waals surface area (Å²) in [4.78, 5) is 17.0. The van der Waals surface area contributed by atoms with Crippen molar-refractivity contribution in [3.63, 3.8) is 0 Å². The van der Waals surface area contributed by atoms with Gasteiger partial charge in [-0.15, -0.1) is 10.2 Å². The summed E-state index contributed by atoms with van der Waals surface area (Å²) in [5.74, 6) is 1.73. The third-order valence-electron chi connectivity index (χ3n) is 5.44. The number of morpholine rings is 1. The first-order chi connectivity index (χ1) is 14.2. The summed E-state index contributed by atoms with van der Waals surface area (Å²) < 4.78 is 5.39. The van der Waals surface area contributed by atoms with E-state index < -0.39 is 0 Å². The topological polar surface area (TPSA) is 70.6 Å². The first-order valence-electron chi connectivity index (χ1n) is 10.1. The van der Waals surface area contributed by atoms with Crippen LogP contribution in [0.1, 0.15) is 18.4 Å². The molecule has 4 rings (SSSR count). The second-order valence-corrected chi connectivity index (χ2v) is 7.92. The van der Waals surface area contributed by atoms with Gasteiger partial charge in [0.15, 0.2) is 11.6 Å². The maximum Gasteiger partial charge on any atom is 0.225 e. The number of rotatable bonds is 5. The summed E-state index contributed by atoms with van der Waals surface area (Å²) in [5, 5.41) is 12.5. The van der Waals surface area contributed by atoms with Crippen LogP contribution in [0.5, 0.6) is 0 Å². The first kappa shape index (κ1) is 19.9. The number of nitrogens with zero attached hydrogens (tertiary/aromatic N) is 4. The van der Waals surface area contributed by atoms with Crippen LogP contribution in [0.25, 0.3) is 0 Å². The van der Waals surface area contributed by atoms with Crippen LogP contribution >= 0.6 is 11.6 Å². The average Bonchev–Trinajstić information content (AvgIpc) is 2.78. The van der Waals surface area contributed by atoms with Crippen LogP contribution in [-0.2, 0) is 16.1 Å². The number of carbonyl (C=O) groups excluding carboxylic acids is 1. The highest BCUT2D eigenvalue weighted by Gasteiger charge is 2.26. The van der Waals surface area contributed by atoms with E-state index in [0.29, 0.717) is 18.1 Å². The first-order valence-corrected chi connectivity index (χ1v) is 10.5. The van der Waals surface area contributed by atoms with E-state index in [1.54, 1.807) is 0 Å². The van der Waals surface area contributed by atoms with Crippen molar-refractivity contribution in [2.75, 3.05) is 49.2 Å². The Bertz CT molecular complexity index is 826. The molecule has 1 aromatic heterocycles. The zero-order valence-corrected chi connectivity index (χ0v) is 17.1. The quantitative estimate of drug-likeness (QED) is 0.809. The lowest BCUT2D eigenvalue weighted by atomic mass is 9.97. The summed E-state index contributed by atoms with van der Waals surface area (Å²) in [6.07, 6.45) is 1.85. The number of nitrogens with one attached hydrogen (secondary N) is 1. The van der Waals surface area contributed by atoms with Crippen molar-refractivity contribution in [1.29, 1.82) is 0 Å². The lowest BCUT2D eigenvalue weighted by molar-refractivity contribution is -0.125. The zero-order chi connectivity index (χ0) is 20.1. The number of aromatic nitrogens is 2. The lowest BCUT2D eigenvalue weighted by Crippen LogP contribution is -2.43. The van der Waals surface area contributed by atoms with Gasteiger partial charge in [-0.05, 0) is 42.7 Å². The molecule has 0 spiro atoms. The molecule has 2 aliphatic heterocycles. The molecular weight excluding hydrogens is 390 g/mol. The van der Waals surface area contributed by atoms with Crippen molar-refractivity contribution in [2.24, 2.45) is 5.92 Å². The fraction of sp³-hybridized carbons (Fsp3) is 0.476. The summed E-state index contributed by atoms with van der Waals surface area (Å²) >= 11 is 6.02. The molecule has 154 valence electrons. The number of hydrogen-bond acceptors (Lipinski definition) is 6. The normalized spacial score (nSPS) is 19.8. The number of anilines is 2. The molecule has 7 nitrogen and oxygen atoms in total. The van der Waals surface area contributed by atoms with E-state index in [9.17, 15) is 4.79 Å². The molecule has 0 saturated carbocycles. The van der Waals surface area contributed by atoms with Crippen molar-refractivity contribution >= 4 is 29.1 Å². The van der Waals surface area contributed by atoms with E-state index in [2.05, 4.69) is 25.3 Å². The van der Waals surface area contributed by atoms with E-state index in [0.717, 1.165) is 62.9 Å². The van der Waals surface area contributed by atoms with Crippen LogP contribution in [0.2, 0.25) is 5.02 Å². The SMILES string of the molecule is O=C(NCc1cccc(Cl)c1)C1CCCN(c2ccc(N3CCOCC3)nn2)C1. The van der Waals surface area contributed by atoms with Crippen LogP contribution in [0.4, 0.5) is 11.6 Å². The number of carbonyl (C=O) groups is 1. The molecule has 8 heteroatoms. The molecule has 1 atom stereocenters. The van der Waals surface area contributed by atoms with E-state index in [-0.39, 0.29) is 11.8 Å². The molecule has 0 radical (unpaired) electrons. The maximum absolute atomic E-state index is 12.7. The van der Waals surface area contributed by atoms with Crippen LogP contribution in [0, 0.1) is 5.92 Å². The molecule has 2 saturated heterocycles. The van der Waals surface area contributed by atoms with Gasteiger partial charge in [-0.25, -0.2) is 0 Å². The highest BCUT2D eigenvalue weighted by atomic mass is 35.5. The molecule has 3 heterocycles. The Hall–Kier alpha value is -2.38. The van der Waals surface area contributed by atoms with Crippen LogP contribution in [0.3, 0.4) is 0 Å². The zero-order valence-electron chi connectivity index (χ0n) is 16.4. The molecule has 1 aromatic carbocycles. The van der Waals surface area contributed by atoms with Crippen molar-refractivity contribution in [1.82, 2.24) is 15.5 Å². The number of amides is 1. The van der Waals surface area contributed by atoms with Gasteiger partial charge in [-0.1, -0.05) is 23.7 Å². The van der Waals surface area contributed by atoms with Gasteiger partial charge in [0.25, 0.3) is 0 Å². The molecule has 1 unspecified atom stereocenters. The minimum Gasteiger partial charge on any atom is -0.378 e. The van der Waals surface area contributed by atoms with Crippen molar-refractivity contribution in [3.8, 4) is 0 Å². The third kappa shape index (κ3) is 5.16. The number of hydrogen-bond donors (Lipinski definition) is 1. The van der Waals surface area contributed by atoms with E-state index in [1.165, 1.54) is 0 Å². The molecule has 29 heavy (non-hydrogen) atoms. The van der Waals surface area contributed by atoms with Gasteiger partial charge < -0.3 is 19.9 Å². The largest absolute Gasteiger partial charge is 0.378 e. The highest BCUT2D eigenvalue weighted by Crippen LogP contribution is 2.23. The Morgan fingerprint density at radius 2 is 1.86 bits per heavy atom. The minimum atomic E-state index is -0.0522. The van der Waals surface area contributed by atoms with E-state index in [1.807, 2.05) is 36.4 Å². The fourth-order valence-corrected chi connectivity index (χ4v) is 4.04. The molecule has 0 bridgehead atoms. The van der Waals surface area contributed by atoms with Gasteiger partial charge in [-0.2, -0.15) is 0 Å². The average molecular weight is 416 g/mol. The summed E-state index contributed by atoms with van der Waals surface area (Å²) in [5.41, 5.74) is 1.00. The van der Waals surface area contributed by atoms with Gasteiger partial charge >= 0.3 is 0 Å². The standard InChI is InChI=1S/C21H26ClN5O2/c22-18-5-1-3-16(13-18)14-23-21(28)17-4-2-8-27(15-17)20-7-6-19(24-25-20)26-9-11-29-12-10-26/h1,3,5-7,13,17H,2,4,8-12,14-15H2,(H,23,28). The smallest absolute Gasteiger partial charge is 0.225 e. The molecule has 1 N–H and O–H groups in total. The Balaban J connectivity index is 1.33. The van der Waals surface area contributed by atoms with Crippen molar-refractivity contribution in [2.45, 2.75) is 19.4 Å². The predicted octanol–water partition coefficient (Wildman–Crippen LogP) is 2.50. The van der Waals surface area contributed by atoms with Gasteiger partial charge in [0.2, 0.25) is 5.91 Å². The van der Waals surface area contributed by atoms with Crippen molar-refractivity contribution < 1.29 is 9.53 Å².